The van der Waals surface area contributed by atoms with Crippen LogP contribution in [0.5, 0.6) is 0 Å². The molecule has 1 atom stereocenters. The van der Waals surface area contributed by atoms with Gasteiger partial charge < -0.3 is 5.32 Å². The fourth-order valence-corrected chi connectivity index (χ4v) is 2.93. The number of hydrogen-bond donors (Lipinski definition) is 1. The highest BCUT2D eigenvalue weighted by atomic mass is 19.1. The second kappa shape index (κ2) is 6.96. The number of benzene rings is 1. The fourth-order valence-electron chi connectivity index (χ4n) is 2.93. The first-order valence-corrected chi connectivity index (χ1v) is 7.77. The second-order valence-corrected chi connectivity index (χ2v) is 5.87. The van der Waals surface area contributed by atoms with Gasteiger partial charge in [-0.05, 0) is 36.4 Å². The maximum absolute atomic E-state index is 13.6. The number of hydrogen-bond acceptors (Lipinski definition) is 3. The van der Waals surface area contributed by atoms with Crippen molar-refractivity contribution in [2.24, 2.45) is 0 Å². The summed E-state index contributed by atoms with van der Waals surface area (Å²) in [6, 6.07) is 8.51. The minimum absolute atomic E-state index is 0.0543. The molecular weight excluding hydrogens is 298 g/mol. The van der Waals surface area contributed by atoms with Crippen LogP contribution in [0.4, 0.5) is 8.78 Å². The van der Waals surface area contributed by atoms with Crippen LogP contribution in [0.25, 0.3) is 0 Å². The molecule has 0 spiro atoms. The Labute approximate surface area is 133 Å². The zero-order valence-corrected chi connectivity index (χ0v) is 12.7. The van der Waals surface area contributed by atoms with Gasteiger partial charge in [0.1, 0.15) is 11.5 Å². The van der Waals surface area contributed by atoms with Crippen LogP contribution < -0.4 is 5.32 Å². The molecule has 1 aliphatic rings. The summed E-state index contributed by atoms with van der Waals surface area (Å²) in [5, 5.41) is 3.38. The van der Waals surface area contributed by atoms with Crippen LogP contribution in [0.1, 0.15) is 40.4 Å². The van der Waals surface area contributed by atoms with E-state index in [1.165, 1.54) is 12.0 Å². The minimum Gasteiger partial charge on any atom is -0.316 e. The summed E-state index contributed by atoms with van der Waals surface area (Å²) in [7, 11) is 0. The lowest BCUT2D eigenvalue weighted by atomic mass is 9.91. The summed E-state index contributed by atoms with van der Waals surface area (Å²) < 4.78 is 26.4. The van der Waals surface area contributed by atoms with Crippen molar-refractivity contribution < 1.29 is 13.6 Å². The van der Waals surface area contributed by atoms with E-state index in [0.29, 0.717) is 12.0 Å². The molecule has 1 aromatic carbocycles. The molecule has 0 bridgehead atoms. The highest BCUT2D eigenvalue weighted by molar-refractivity contribution is 5.95. The Kier molecular flexibility index (Phi) is 4.76. The van der Waals surface area contributed by atoms with E-state index in [9.17, 15) is 13.6 Å². The molecular formula is C18H18F2N2O. The van der Waals surface area contributed by atoms with Crippen LogP contribution in [-0.4, -0.2) is 23.9 Å². The van der Waals surface area contributed by atoms with Crippen LogP contribution in [0.2, 0.25) is 0 Å². The number of halogens is 2. The number of rotatable bonds is 4. The molecule has 1 N–H and O–H groups in total. The predicted molar refractivity (Wildman–Crippen MR) is 83.5 cm³/mol. The van der Waals surface area contributed by atoms with Crippen molar-refractivity contribution >= 4 is 5.78 Å². The topological polar surface area (TPSA) is 42.0 Å². The van der Waals surface area contributed by atoms with Gasteiger partial charge in [-0.1, -0.05) is 24.3 Å². The zero-order chi connectivity index (χ0) is 16.2. The maximum Gasteiger partial charge on any atom is 0.188 e. The van der Waals surface area contributed by atoms with Crippen molar-refractivity contribution in [1.82, 2.24) is 10.3 Å². The zero-order valence-electron chi connectivity index (χ0n) is 12.7. The van der Waals surface area contributed by atoms with E-state index in [0.717, 1.165) is 31.3 Å². The van der Waals surface area contributed by atoms with Crippen LogP contribution in [0.15, 0.2) is 36.5 Å². The van der Waals surface area contributed by atoms with E-state index in [-0.39, 0.29) is 12.1 Å². The number of nitrogens with zero attached hydrogens (tertiary/aromatic N) is 1. The molecule has 1 saturated heterocycles. The van der Waals surface area contributed by atoms with Crippen molar-refractivity contribution in [2.45, 2.75) is 25.2 Å². The van der Waals surface area contributed by atoms with Gasteiger partial charge in [0.2, 0.25) is 0 Å². The molecule has 3 rings (SSSR count). The maximum atomic E-state index is 13.6. The summed E-state index contributed by atoms with van der Waals surface area (Å²) in [6.45, 7) is 2.04. The van der Waals surface area contributed by atoms with Gasteiger partial charge in [0.15, 0.2) is 11.6 Å². The van der Waals surface area contributed by atoms with Crippen molar-refractivity contribution in [3.63, 3.8) is 0 Å². The van der Waals surface area contributed by atoms with E-state index in [1.807, 2.05) is 24.3 Å². The highest BCUT2D eigenvalue weighted by Crippen LogP contribution is 2.23. The first kappa shape index (κ1) is 15.7. The Morgan fingerprint density at radius 2 is 2.04 bits per heavy atom. The van der Waals surface area contributed by atoms with Crippen molar-refractivity contribution in [3.05, 3.63) is 65.0 Å². The van der Waals surface area contributed by atoms with Gasteiger partial charge in [0.25, 0.3) is 0 Å². The van der Waals surface area contributed by atoms with Gasteiger partial charge in [-0.15, -0.1) is 0 Å². The third-order valence-electron chi connectivity index (χ3n) is 4.18. The summed E-state index contributed by atoms with van der Waals surface area (Å²) in [5.74, 6) is -1.65. The fraction of sp³-hybridized carbons (Fsp3) is 0.333. The quantitative estimate of drug-likeness (QED) is 0.881. The first-order valence-electron chi connectivity index (χ1n) is 7.77. The molecule has 120 valence electrons. The van der Waals surface area contributed by atoms with Crippen molar-refractivity contribution in [2.75, 3.05) is 13.1 Å². The van der Waals surface area contributed by atoms with E-state index in [4.69, 9.17) is 0 Å². The largest absolute Gasteiger partial charge is 0.316 e. The summed E-state index contributed by atoms with van der Waals surface area (Å²) in [4.78, 5) is 15.7. The Bertz CT molecular complexity index is 695. The van der Waals surface area contributed by atoms with E-state index in [2.05, 4.69) is 10.3 Å². The number of nitrogens with one attached hydrogen (secondary N) is 1. The molecule has 0 saturated carbocycles. The van der Waals surface area contributed by atoms with Gasteiger partial charge in [-0.25, -0.2) is 13.8 Å². The van der Waals surface area contributed by atoms with E-state index < -0.39 is 17.4 Å². The molecule has 5 heteroatoms. The lowest BCUT2D eigenvalue weighted by Crippen LogP contribution is -2.28. The number of carbonyl (C=O) groups is 1. The molecule has 0 amide bonds. The van der Waals surface area contributed by atoms with Crippen LogP contribution in [0, 0.1) is 11.6 Å². The van der Waals surface area contributed by atoms with E-state index in [1.54, 1.807) is 0 Å². The number of carbonyl (C=O) groups excluding carboxylic acids is 1. The van der Waals surface area contributed by atoms with Gasteiger partial charge in [0, 0.05) is 19.0 Å². The normalized spacial score (nSPS) is 17.9. The van der Waals surface area contributed by atoms with Crippen LogP contribution in [0.3, 0.4) is 0 Å². The molecule has 0 aliphatic carbocycles. The van der Waals surface area contributed by atoms with Crippen molar-refractivity contribution in [1.29, 1.82) is 0 Å². The predicted octanol–water partition coefficient (Wildman–Crippen LogP) is 3.25. The molecule has 1 aromatic heterocycles. The number of piperidine rings is 1. The summed E-state index contributed by atoms with van der Waals surface area (Å²) >= 11 is 0. The third kappa shape index (κ3) is 3.79. The molecule has 1 aliphatic heterocycles. The Hall–Kier alpha value is -2.14. The van der Waals surface area contributed by atoms with Gasteiger partial charge in [-0.2, -0.15) is 0 Å². The van der Waals surface area contributed by atoms with E-state index >= 15 is 0 Å². The SMILES string of the molecule is O=C(Cc1ccc(C2CCCNC2)cc1)c1ncc(F)cc1F. The smallest absolute Gasteiger partial charge is 0.188 e. The molecule has 0 radical (unpaired) electrons. The van der Waals surface area contributed by atoms with Crippen molar-refractivity contribution in [3.8, 4) is 0 Å². The highest BCUT2D eigenvalue weighted by Gasteiger charge is 2.17. The number of ketones is 1. The average Bonchev–Trinajstić information content (AvgIpc) is 2.56. The number of Topliss-reactive ketones (excluding diaryl/α,β-unsaturated/α-hetero) is 1. The lowest BCUT2D eigenvalue weighted by molar-refractivity contribution is 0.0983. The second-order valence-electron chi connectivity index (χ2n) is 5.87. The average molecular weight is 316 g/mol. The Morgan fingerprint density at radius 3 is 2.70 bits per heavy atom. The Morgan fingerprint density at radius 1 is 1.26 bits per heavy atom. The molecule has 23 heavy (non-hydrogen) atoms. The molecule has 3 nitrogen and oxygen atoms in total. The summed E-state index contributed by atoms with van der Waals surface area (Å²) in [5.41, 5.74) is 1.74. The molecule has 2 heterocycles. The monoisotopic (exact) mass is 316 g/mol. The van der Waals surface area contributed by atoms with Gasteiger partial charge in [-0.3, -0.25) is 4.79 Å². The number of aromatic nitrogens is 1. The Balaban J connectivity index is 1.69. The molecule has 1 fully saturated rings. The number of pyridine rings is 1. The van der Waals surface area contributed by atoms with Gasteiger partial charge in [0.05, 0.1) is 6.20 Å². The summed E-state index contributed by atoms with van der Waals surface area (Å²) in [6.07, 6.45) is 3.24. The standard InChI is InChI=1S/C18H18F2N2O/c19-15-9-16(20)18(22-11-15)17(23)8-12-3-5-13(6-4-12)14-2-1-7-21-10-14/h3-6,9,11,14,21H,1-2,7-8,10H2. The van der Waals surface area contributed by atoms with Gasteiger partial charge >= 0.3 is 0 Å². The third-order valence-corrected chi connectivity index (χ3v) is 4.18. The lowest BCUT2D eigenvalue weighted by Gasteiger charge is -2.23. The first-order chi connectivity index (χ1) is 11.1. The molecule has 2 aromatic rings. The van der Waals surface area contributed by atoms with Crippen LogP contribution >= 0.6 is 0 Å². The minimum atomic E-state index is -0.917. The van der Waals surface area contributed by atoms with Crippen LogP contribution in [-0.2, 0) is 6.42 Å². The molecule has 1 unspecified atom stereocenters.